The van der Waals surface area contributed by atoms with Gasteiger partial charge >= 0.3 is 6.18 Å². The van der Waals surface area contributed by atoms with E-state index in [0.717, 1.165) is 6.07 Å². The highest BCUT2D eigenvalue weighted by Gasteiger charge is 2.32. The second-order valence-electron chi connectivity index (χ2n) is 2.51. The predicted molar refractivity (Wildman–Crippen MR) is 47.4 cm³/mol. The van der Waals surface area contributed by atoms with Gasteiger partial charge in [0.1, 0.15) is 0 Å². The molecule has 0 unspecified atom stereocenters. The largest absolute Gasteiger partial charge is 0.504 e. The number of hydrogen-bond donors (Lipinski definition) is 1. The predicted octanol–water partition coefficient (Wildman–Crippen LogP) is 3.18. The van der Waals surface area contributed by atoms with Gasteiger partial charge in [0.15, 0.2) is 11.5 Å². The average Bonchev–Trinajstić information content (AvgIpc) is 2.01. The lowest BCUT2D eigenvalue weighted by Gasteiger charge is -2.11. The minimum Gasteiger partial charge on any atom is -0.504 e. The zero-order chi connectivity index (χ0) is 10.9. The van der Waals surface area contributed by atoms with Crippen LogP contribution in [-0.4, -0.2) is 12.2 Å². The van der Waals surface area contributed by atoms with Gasteiger partial charge < -0.3 is 9.84 Å². The smallest absolute Gasteiger partial charge is 0.416 e. The molecule has 0 saturated heterocycles. The van der Waals surface area contributed by atoms with Crippen LogP contribution in [-0.2, 0) is 6.18 Å². The van der Waals surface area contributed by atoms with Gasteiger partial charge in [0, 0.05) is 0 Å². The van der Waals surface area contributed by atoms with E-state index < -0.39 is 17.5 Å². The molecule has 1 aromatic carbocycles. The number of halogens is 4. The van der Waals surface area contributed by atoms with Crippen molar-refractivity contribution in [1.29, 1.82) is 0 Å². The highest BCUT2D eigenvalue weighted by molar-refractivity contribution is 9.10. The van der Waals surface area contributed by atoms with Crippen LogP contribution in [0.5, 0.6) is 11.5 Å². The van der Waals surface area contributed by atoms with Crippen LogP contribution in [0.15, 0.2) is 16.6 Å². The lowest BCUT2D eigenvalue weighted by molar-refractivity contribution is -0.137. The lowest BCUT2D eigenvalue weighted by atomic mass is 10.2. The Morgan fingerprint density at radius 2 is 1.93 bits per heavy atom. The monoisotopic (exact) mass is 270 g/mol. The summed E-state index contributed by atoms with van der Waals surface area (Å²) in [6.07, 6.45) is -4.48. The number of aromatic hydroxyl groups is 1. The maximum Gasteiger partial charge on any atom is 0.416 e. The highest BCUT2D eigenvalue weighted by Crippen LogP contribution is 2.40. The Morgan fingerprint density at radius 1 is 1.36 bits per heavy atom. The Balaban J connectivity index is 3.28. The van der Waals surface area contributed by atoms with Gasteiger partial charge in [0.2, 0.25) is 0 Å². The molecule has 1 N–H and O–H groups in total. The van der Waals surface area contributed by atoms with Gasteiger partial charge in [0.25, 0.3) is 0 Å². The van der Waals surface area contributed by atoms with Crippen LogP contribution in [0.4, 0.5) is 13.2 Å². The molecule has 1 rings (SSSR count). The number of phenolic OH excluding ortho intramolecular Hbond substituents is 1. The Bertz CT molecular complexity index is 326. The molecule has 78 valence electrons. The van der Waals surface area contributed by atoms with Crippen LogP contribution in [0.1, 0.15) is 5.56 Å². The van der Waals surface area contributed by atoms with Gasteiger partial charge in [-0.1, -0.05) is 0 Å². The molecule has 0 fully saturated rings. The van der Waals surface area contributed by atoms with Crippen LogP contribution in [0.2, 0.25) is 0 Å². The Morgan fingerprint density at radius 3 is 2.29 bits per heavy atom. The minimum absolute atomic E-state index is 0.0157. The van der Waals surface area contributed by atoms with E-state index in [1.165, 1.54) is 7.11 Å². The summed E-state index contributed by atoms with van der Waals surface area (Å²) in [5, 5.41) is 9.18. The molecule has 6 heteroatoms. The van der Waals surface area contributed by atoms with Crippen LogP contribution < -0.4 is 4.74 Å². The van der Waals surface area contributed by atoms with Gasteiger partial charge in [0.05, 0.1) is 17.1 Å². The van der Waals surface area contributed by atoms with Gasteiger partial charge in [-0.25, -0.2) is 0 Å². The standard InChI is InChI=1S/C8H6BrF3O2/c1-14-7-5(9)2-4(3-6(7)13)8(10,11)12/h2-3,13H,1H3. The van der Waals surface area contributed by atoms with Crippen molar-refractivity contribution in [1.82, 2.24) is 0 Å². The van der Waals surface area contributed by atoms with E-state index in [0.29, 0.717) is 6.07 Å². The van der Waals surface area contributed by atoms with E-state index in [4.69, 9.17) is 0 Å². The first kappa shape index (κ1) is 11.2. The third kappa shape index (κ3) is 2.12. The molecule has 0 heterocycles. The molecule has 0 aliphatic carbocycles. The van der Waals surface area contributed by atoms with Crippen molar-refractivity contribution in [2.24, 2.45) is 0 Å². The van der Waals surface area contributed by atoms with E-state index in [1.54, 1.807) is 0 Å². The fourth-order valence-electron chi connectivity index (χ4n) is 0.945. The number of alkyl halides is 3. The van der Waals surface area contributed by atoms with E-state index in [-0.39, 0.29) is 10.2 Å². The molecular weight excluding hydrogens is 265 g/mol. The van der Waals surface area contributed by atoms with Crippen LogP contribution >= 0.6 is 15.9 Å². The quantitative estimate of drug-likeness (QED) is 0.850. The number of methoxy groups -OCH3 is 1. The average molecular weight is 271 g/mol. The van der Waals surface area contributed by atoms with Crippen molar-refractivity contribution in [3.63, 3.8) is 0 Å². The molecule has 2 nitrogen and oxygen atoms in total. The summed E-state index contributed by atoms with van der Waals surface area (Å²) < 4.78 is 41.4. The molecule has 0 spiro atoms. The Kier molecular flexibility index (Phi) is 2.94. The second kappa shape index (κ2) is 3.68. The molecule has 0 aliphatic rings. The van der Waals surface area contributed by atoms with Crippen molar-refractivity contribution in [2.75, 3.05) is 7.11 Å². The van der Waals surface area contributed by atoms with E-state index >= 15 is 0 Å². The summed E-state index contributed by atoms with van der Waals surface area (Å²) in [6.45, 7) is 0. The highest BCUT2D eigenvalue weighted by atomic mass is 79.9. The Labute approximate surface area is 86.4 Å². The van der Waals surface area contributed by atoms with Crippen molar-refractivity contribution in [3.8, 4) is 11.5 Å². The lowest BCUT2D eigenvalue weighted by Crippen LogP contribution is -2.04. The third-order valence-electron chi connectivity index (χ3n) is 1.56. The number of phenols is 1. The normalized spacial score (nSPS) is 11.5. The molecule has 0 saturated carbocycles. The van der Waals surface area contributed by atoms with Gasteiger partial charge in [-0.2, -0.15) is 13.2 Å². The molecule has 0 bridgehead atoms. The second-order valence-corrected chi connectivity index (χ2v) is 3.36. The topological polar surface area (TPSA) is 29.5 Å². The van der Waals surface area contributed by atoms with Crippen LogP contribution in [0.3, 0.4) is 0 Å². The van der Waals surface area contributed by atoms with Crippen molar-refractivity contribution in [2.45, 2.75) is 6.18 Å². The summed E-state index contributed by atoms with van der Waals surface area (Å²) in [5.74, 6) is -0.563. The fourth-order valence-corrected chi connectivity index (χ4v) is 1.56. The number of ether oxygens (including phenoxy) is 1. The summed E-state index contributed by atoms with van der Waals surface area (Å²) in [6, 6.07) is 1.46. The molecule has 0 atom stereocenters. The van der Waals surface area contributed by atoms with Gasteiger partial charge in [-0.3, -0.25) is 0 Å². The van der Waals surface area contributed by atoms with Crippen molar-refractivity contribution < 1.29 is 23.0 Å². The van der Waals surface area contributed by atoms with E-state index in [9.17, 15) is 18.3 Å². The number of rotatable bonds is 1. The SMILES string of the molecule is COc1c(O)cc(C(F)(F)F)cc1Br. The summed E-state index contributed by atoms with van der Waals surface area (Å²) in [4.78, 5) is 0. The van der Waals surface area contributed by atoms with Crippen LogP contribution in [0.25, 0.3) is 0 Å². The molecule has 0 radical (unpaired) electrons. The summed E-state index contributed by atoms with van der Waals surface area (Å²) >= 11 is 2.87. The zero-order valence-electron chi connectivity index (χ0n) is 7.02. The maximum atomic E-state index is 12.2. The fraction of sp³-hybridized carbons (Fsp3) is 0.250. The number of benzene rings is 1. The van der Waals surface area contributed by atoms with E-state index in [1.807, 2.05) is 0 Å². The van der Waals surface area contributed by atoms with Crippen LogP contribution in [0, 0.1) is 0 Å². The molecule has 1 aromatic rings. The molecule has 0 aromatic heterocycles. The summed E-state index contributed by atoms with van der Waals surface area (Å²) in [7, 11) is 1.26. The first-order valence-electron chi connectivity index (χ1n) is 3.50. The third-order valence-corrected chi connectivity index (χ3v) is 2.14. The minimum atomic E-state index is -4.48. The molecule has 14 heavy (non-hydrogen) atoms. The van der Waals surface area contributed by atoms with Gasteiger partial charge in [-0.15, -0.1) is 0 Å². The first-order valence-corrected chi connectivity index (χ1v) is 4.29. The number of hydrogen-bond acceptors (Lipinski definition) is 2. The summed E-state index contributed by atoms with van der Waals surface area (Å²) in [5.41, 5.74) is -0.928. The molecular formula is C8H6BrF3O2. The molecule has 0 amide bonds. The Hall–Kier alpha value is -0.910. The van der Waals surface area contributed by atoms with Crippen molar-refractivity contribution >= 4 is 15.9 Å². The van der Waals surface area contributed by atoms with Gasteiger partial charge in [-0.05, 0) is 28.1 Å². The maximum absolute atomic E-state index is 12.2. The van der Waals surface area contributed by atoms with Crippen molar-refractivity contribution in [3.05, 3.63) is 22.2 Å². The zero-order valence-corrected chi connectivity index (χ0v) is 8.61. The van der Waals surface area contributed by atoms with E-state index in [2.05, 4.69) is 20.7 Å². The first-order chi connectivity index (χ1) is 6.36. The molecule has 0 aliphatic heterocycles.